The molecule has 2 atom stereocenters. The van der Waals surface area contributed by atoms with Gasteiger partial charge in [0.05, 0.1) is 11.3 Å². The normalized spacial score (nSPS) is 20.4. The standard InChI is InChI=1S/C17H22FN5OS/c1-11-6-2-5-9-14(11)20-15(24)10-25-17-22-21-16(23(17)19)12-7-3-4-8-13(12)18/h3-4,7-8,11,14H,2,5-6,9-10,19H2,1H3,(H,20,24). The molecule has 1 saturated carbocycles. The number of nitrogens with one attached hydrogen (secondary N) is 1. The number of aromatic nitrogens is 3. The summed E-state index contributed by atoms with van der Waals surface area (Å²) in [5, 5.41) is 11.4. The molecule has 1 aromatic carbocycles. The molecule has 8 heteroatoms. The van der Waals surface area contributed by atoms with E-state index in [2.05, 4.69) is 22.4 Å². The highest BCUT2D eigenvalue weighted by Gasteiger charge is 2.23. The molecule has 0 aliphatic heterocycles. The first-order valence-corrected chi connectivity index (χ1v) is 9.42. The van der Waals surface area contributed by atoms with Gasteiger partial charge in [0, 0.05) is 6.04 Å². The topological polar surface area (TPSA) is 85.8 Å². The molecule has 2 aromatic rings. The predicted molar refractivity (Wildman–Crippen MR) is 95.9 cm³/mol. The molecule has 1 aromatic heterocycles. The lowest BCUT2D eigenvalue weighted by Gasteiger charge is -2.29. The van der Waals surface area contributed by atoms with Gasteiger partial charge >= 0.3 is 0 Å². The smallest absolute Gasteiger partial charge is 0.230 e. The number of carbonyl (C=O) groups excluding carboxylic acids is 1. The molecule has 1 heterocycles. The molecule has 1 amide bonds. The summed E-state index contributed by atoms with van der Waals surface area (Å²) in [4.78, 5) is 12.2. The van der Waals surface area contributed by atoms with Crippen LogP contribution in [0.2, 0.25) is 0 Å². The van der Waals surface area contributed by atoms with E-state index in [1.54, 1.807) is 18.2 Å². The van der Waals surface area contributed by atoms with Crippen molar-refractivity contribution >= 4 is 17.7 Å². The highest BCUT2D eigenvalue weighted by atomic mass is 32.2. The van der Waals surface area contributed by atoms with E-state index in [-0.39, 0.29) is 29.1 Å². The Labute approximate surface area is 150 Å². The second-order valence-electron chi connectivity index (χ2n) is 6.38. The molecule has 0 radical (unpaired) electrons. The minimum Gasteiger partial charge on any atom is -0.352 e. The lowest BCUT2D eigenvalue weighted by atomic mass is 9.86. The van der Waals surface area contributed by atoms with Crippen molar-refractivity contribution in [1.82, 2.24) is 20.2 Å². The quantitative estimate of drug-likeness (QED) is 0.630. The van der Waals surface area contributed by atoms with E-state index in [4.69, 9.17) is 5.84 Å². The second-order valence-corrected chi connectivity index (χ2v) is 7.32. The monoisotopic (exact) mass is 363 g/mol. The predicted octanol–water partition coefficient (Wildman–Crippen LogP) is 2.58. The minimum absolute atomic E-state index is 0.0424. The molecular formula is C17H22FN5OS. The maximum absolute atomic E-state index is 13.9. The molecule has 1 fully saturated rings. The average Bonchev–Trinajstić information content (AvgIpc) is 2.96. The van der Waals surface area contributed by atoms with E-state index in [0.29, 0.717) is 11.1 Å². The minimum atomic E-state index is -0.415. The third-order valence-corrected chi connectivity index (χ3v) is 5.51. The Hall–Kier alpha value is -2.09. The number of amides is 1. The number of nitrogen functional groups attached to an aromatic ring is 1. The number of thioether (sulfide) groups is 1. The van der Waals surface area contributed by atoms with Crippen LogP contribution in [0.1, 0.15) is 32.6 Å². The number of nitrogens with zero attached hydrogens (tertiary/aromatic N) is 3. The first kappa shape index (κ1) is 17.7. The largest absolute Gasteiger partial charge is 0.352 e. The molecule has 0 bridgehead atoms. The summed E-state index contributed by atoms with van der Waals surface area (Å²) >= 11 is 1.20. The number of nitrogens with two attached hydrogens (primary N) is 1. The maximum Gasteiger partial charge on any atom is 0.230 e. The number of halogens is 1. The summed E-state index contributed by atoms with van der Waals surface area (Å²) in [5.41, 5.74) is 0.282. The van der Waals surface area contributed by atoms with E-state index in [1.807, 2.05) is 0 Å². The van der Waals surface area contributed by atoms with Gasteiger partial charge in [0.15, 0.2) is 5.82 Å². The van der Waals surface area contributed by atoms with Gasteiger partial charge in [-0.2, -0.15) is 0 Å². The van der Waals surface area contributed by atoms with Crippen LogP contribution in [0.3, 0.4) is 0 Å². The molecule has 25 heavy (non-hydrogen) atoms. The van der Waals surface area contributed by atoms with Gasteiger partial charge in [-0.1, -0.05) is 43.7 Å². The summed E-state index contributed by atoms with van der Waals surface area (Å²) in [6, 6.07) is 6.48. The molecule has 1 aliphatic carbocycles. The Morgan fingerprint density at radius 2 is 2.12 bits per heavy atom. The van der Waals surface area contributed by atoms with Gasteiger partial charge in [0.1, 0.15) is 5.82 Å². The van der Waals surface area contributed by atoms with Crippen LogP contribution in [0.5, 0.6) is 0 Å². The van der Waals surface area contributed by atoms with Gasteiger partial charge in [0.2, 0.25) is 11.1 Å². The zero-order valence-corrected chi connectivity index (χ0v) is 14.9. The molecule has 0 saturated heterocycles. The second kappa shape index (κ2) is 7.86. The summed E-state index contributed by atoms with van der Waals surface area (Å²) in [6.07, 6.45) is 4.58. The maximum atomic E-state index is 13.9. The van der Waals surface area contributed by atoms with E-state index >= 15 is 0 Å². The van der Waals surface area contributed by atoms with Crippen LogP contribution in [0.25, 0.3) is 11.4 Å². The SMILES string of the molecule is CC1CCCCC1NC(=O)CSc1nnc(-c2ccccc2F)n1N. The Morgan fingerprint density at radius 1 is 1.36 bits per heavy atom. The van der Waals surface area contributed by atoms with Gasteiger partial charge in [-0.3, -0.25) is 4.79 Å². The van der Waals surface area contributed by atoms with Gasteiger partial charge in [-0.15, -0.1) is 10.2 Å². The lowest BCUT2D eigenvalue weighted by Crippen LogP contribution is -2.41. The van der Waals surface area contributed by atoms with Gasteiger partial charge in [-0.05, 0) is 30.9 Å². The van der Waals surface area contributed by atoms with Crippen molar-refractivity contribution in [1.29, 1.82) is 0 Å². The molecule has 1 aliphatic rings. The highest BCUT2D eigenvalue weighted by molar-refractivity contribution is 7.99. The summed E-state index contributed by atoms with van der Waals surface area (Å²) < 4.78 is 15.1. The summed E-state index contributed by atoms with van der Waals surface area (Å²) in [5.74, 6) is 6.46. The molecule has 6 nitrogen and oxygen atoms in total. The fourth-order valence-corrected chi connectivity index (χ4v) is 3.78. The first-order valence-electron chi connectivity index (χ1n) is 8.44. The molecule has 3 N–H and O–H groups in total. The van der Waals surface area contributed by atoms with Crippen LogP contribution < -0.4 is 11.2 Å². The van der Waals surface area contributed by atoms with Crippen LogP contribution in [0, 0.1) is 11.7 Å². The average molecular weight is 363 g/mol. The molecule has 0 spiro atoms. The van der Waals surface area contributed by atoms with Crippen molar-refractivity contribution in [2.24, 2.45) is 5.92 Å². The van der Waals surface area contributed by atoms with Crippen LogP contribution in [-0.2, 0) is 4.79 Å². The van der Waals surface area contributed by atoms with Crippen LogP contribution in [-0.4, -0.2) is 32.6 Å². The van der Waals surface area contributed by atoms with E-state index < -0.39 is 5.82 Å². The fourth-order valence-electron chi connectivity index (χ4n) is 3.11. The molecule has 3 rings (SSSR count). The van der Waals surface area contributed by atoms with Crippen molar-refractivity contribution in [3.8, 4) is 11.4 Å². The Kier molecular flexibility index (Phi) is 5.57. The lowest BCUT2D eigenvalue weighted by molar-refractivity contribution is -0.119. The van der Waals surface area contributed by atoms with Crippen molar-refractivity contribution in [2.75, 3.05) is 11.6 Å². The van der Waals surface area contributed by atoms with Gasteiger partial charge in [0.25, 0.3) is 0 Å². The van der Waals surface area contributed by atoms with Crippen LogP contribution >= 0.6 is 11.8 Å². The molecular weight excluding hydrogens is 341 g/mol. The number of hydrogen-bond acceptors (Lipinski definition) is 5. The number of benzene rings is 1. The zero-order valence-electron chi connectivity index (χ0n) is 14.1. The van der Waals surface area contributed by atoms with Crippen molar-refractivity contribution < 1.29 is 9.18 Å². The third-order valence-electron chi connectivity index (χ3n) is 4.57. The zero-order chi connectivity index (χ0) is 17.8. The van der Waals surface area contributed by atoms with Gasteiger partial charge in [-0.25, -0.2) is 9.07 Å². The number of rotatable bonds is 5. The summed E-state index contributed by atoms with van der Waals surface area (Å²) in [6.45, 7) is 2.18. The van der Waals surface area contributed by atoms with Crippen molar-refractivity contribution in [3.63, 3.8) is 0 Å². The molecule has 134 valence electrons. The van der Waals surface area contributed by atoms with Gasteiger partial charge < -0.3 is 11.2 Å². The Bertz CT molecular complexity index is 750. The number of hydrogen-bond donors (Lipinski definition) is 2. The third kappa shape index (κ3) is 4.12. The van der Waals surface area contributed by atoms with Crippen LogP contribution in [0.4, 0.5) is 4.39 Å². The molecule has 2 unspecified atom stereocenters. The van der Waals surface area contributed by atoms with Crippen molar-refractivity contribution in [2.45, 2.75) is 43.8 Å². The Morgan fingerprint density at radius 3 is 2.88 bits per heavy atom. The highest BCUT2D eigenvalue weighted by Crippen LogP contribution is 2.25. The summed E-state index contributed by atoms with van der Waals surface area (Å²) in [7, 11) is 0. The van der Waals surface area contributed by atoms with Crippen molar-refractivity contribution in [3.05, 3.63) is 30.1 Å². The van der Waals surface area contributed by atoms with E-state index in [0.717, 1.165) is 19.3 Å². The fraction of sp³-hybridized carbons (Fsp3) is 0.471. The van der Waals surface area contributed by atoms with Crippen LogP contribution in [0.15, 0.2) is 29.4 Å². The van der Waals surface area contributed by atoms with E-state index in [9.17, 15) is 9.18 Å². The van der Waals surface area contributed by atoms with E-state index in [1.165, 1.54) is 28.9 Å². The first-order chi connectivity index (χ1) is 12.1. The number of carbonyl (C=O) groups is 1. The Balaban J connectivity index is 1.60.